The molecule has 1 amide bonds. The topological polar surface area (TPSA) is 67.2 Å². The van der Waals surface area contributed by atoms with Gasteiger partial charge in [0.1, 0.15) is 5.69 Å². The van der Waals surface area contributed by atoms with Gasteiger partial charge >= 0.3 is 0 Å². The average molecular weight is 305 g/mol. The van der Waals surface area contributed by atoms with Crippen LogP contribution in [0.2, 0.25) is 0 Å². The van der Waals surface area contributed by atoms with Gasteiger partial charge in [0.05, 0.1) is 16.0 Å². The number of nitrogens with zero attached hydrogens (tertiary/aromatic N) is 2. The number of rotatable bonds is 4. The zero-order valence-electron chi connectivity index (χ0n) is 12.0. The van der Waals surface area contributed by atoms with Gasteiger partial charge in [0, 0.05) is 19.8 Å². The van der Waals surface area contributed by atoms with Crippen LogP contribution in [0.3, 0.4) is 0 Å². The van der Waals surface area contributed by atoms with Gasteiger partial charge in [-0.25, -0.2) is 0 Å². The highest BCUT2D eigenvalue weighted by molar-refractivity contribution is 7.13. The SMILES string of the molecule is Cn1cc(C(=O)NCC2(O)CCCC2)c(-c2cccs2)n1. The van der Waals surface area contributed by atoms with Crippen molar-refractivity contribution in [3.8, 4) is 10.6 Å². The van der Waals surface area contributed by atoms with Gasteiger partial charge in [-0.15, -0.1) is 11.3 Å². The zero-order valence-corrected chi connectivity index (χ0v) is 12.8. The fraction of sp³-hybridized carbons (Fsp3) is 0.467. The van der Waals surface area contributed by atoms with E-state index in [1.165, 1.54) is 0 Å². The molecular weight excluding hydrogens is 286 g/mol. The summed E-state index contributed by atoms with van der Waals surface area (Å²) in [6.45, 7) is 0.310. The molecule has 0 saturated heterocycles. The Morgan fingerprint density at radius 1 is 1.52 bits per heavy atom. The summed E-state index contributed by atoms with van der Waals surface area (Å²) in [5.41, 5.74) is 0.519. The first-order chi connectivity index (χ1) is 10.1. The molecule has 0 bridgehead atoms. The summed E-state index contributed by atoms with van der Waals surface area (Å²) in [5.74, 6) is -0.174. The highest BCUT2D eigenvalue weighted by Crippen LogP contribution is 2.29. The van der Waals surface area contributed by atoms with Gasteiger partial charge in [0.2, 0.25) is 0 Å². The molecule has 0 radical (unpaired) electrons. The quantitative estimate of drug-likeness (QED) is 0.910. The van der Waals surface area contributed by atoms with Crippen LogP contribution in [-0.2, 0) is 7.05 Å². The van der Waals surface area contributed by atoms with Crippen LogP contribution in [-0.4, -0.2) is 32.9 Å². The first-order valence-electron chi connectivity index (χ1n) is 7.15. The third kappa shape index (κ3) is 3.01. The summed E-state index contributed by atoms with van der Waals surface area (Å²) in [6.07, 6.45) is 5.30. The van der Waals surface area contributed by atoms with E-state index in [1.54, 1.807) is 29.3 Å². The molecule has 1 saturated carbocycles. The Bertz CT molecular complexity index is 627. The predicted molar refractivity (Wildman–Crippen MR) is 82.3 cm³/mol. The molecule has 0 atom stereocenters. The normalized spacial score (nSPS) is 17.0. The number of aliphatic hydroxyl groups is 1. The number of hydrogen-bond acceptors (Lipinski definition) is 4. The van der Waals surface area contributed by atoms with Gasteiger partial charge < -0.3 is 10.4 Å². The molecule has 2 N–H and O–H groups in total. The van der Waals surface area contributed by atoms with E-state index < -0.39 is 5.60 Å². The molecule has 3 rings (SSSR count). The van der Waals surface area contributed by atoms with Gasteiger partial charge in [-0.1, -0.05) is 18.9 Å². The van der Waals surface area contributed by atoms with Crippen LogP contribution < -0.4 is 5.32 Å². The molecule has 2 heterocycles. The van der Waals surface area contributed by atoms with Crippen LogP contribution >= 0.6 is 11.3 Å². The number of carbonyl (C=O) groups is 1. The highest BCUT2D eigenvalue weighted by Gasteiger charge is 2.31. The molecule has 2 aromatic rings. The summed E-state index contributed by atoms with van der Waals surface area (Å²) < 4.78 is 1.65. The van der Waals surface area contributed by atoms with Crippen molar-refractivity contribution < 1.29 is 9.90 Å². The molecule has 1 aliphatic rings. The van der Waals surface area contributed by atoms with E-state index in [4.69, 9.17) is 0 Å². The third-order valence-electron chi connectivity index (χ3n) is 3.94. The van der Waals surface area contributed by atoms with Gasteiger partial charge in [0.25, 0.3) is 5.91 Å². The summed E-state index contributed by atoms with van der Waals surface area (Å²) >= 11 is 1.56. The molecule has 5 nitrogen and oxygen atoms in total. The number of carbonyl (C=O) groups excluding carboxylic acids is 1. The van der Waals surface area contributed by atoms with E-state index in [9.17, 15) is 9.90 Å². The lowest BCUT2D eigenvalue weighted by molar-refractivity contribution is 0.0450. The van der Waals surface area contributed by atoms with Crippen LogP contribution in [0.15, 0.2) is 23.7 Å². The van der Waals surface area contributed by atoms with Crippen molar-refractivity contribution >= 4 is 17.2 Å². The standard InChI is InChI=1S/C15H19N3O2S/c1-18-9-11(13(17-18)12-5-4-8-21-12)14(19)16-10-15(20)6-2-3-7-15/h4-5,8-9,20H,2-3,6-7,10H2,1H3,(H,16,19). The summed E-state index contributed by atoms with van der Waals surface area (Å²) in [5, 5.41) is 19.5. The Labute approximate surface area is 127 Å². The molecule has 6 heteroatoms. The second-order valence-corrected chi connectivity index (χ2v) is 6.60. The van der Waals surface area contributed by atoms with Crippen molar-refractivity contribution in [1.82, 2.24) is 15.1 Å². The largest absolute Gasteiger partial charge is 0.388 e. The maximum Gasteiger partial charge on any atom is 0.255 e. The summed E-state index contributed by atoms with van der Waals surface area (Å²) in [6, 6.07) is 3.89. The number of hydrogen-bond donors (Lipinski definition) is 2. The Kier molecular flexibility index (Phi) is 3.82. The van der Waals surface area contributed by atoms with E-state index in [0.717, 1.165) is 30.6 Å². The summed E-state index contributed by atoms with van der Waals surface area (Å²) in [4.78, 5) is 13.4. The third-order valence-corrected chi connectivity index (χ3v) is 4.82. The van der Waals surface area contributed by atoms with Gasteiger partial charge in [-0.2, -0.15) is 5.10 Å². The van der Waals surface area contributed by atoms with E-state index >= 15 is 0 Å². The van der Waals surface area contributed by atoms with Crippen LogP contribution in [0, 0.1) is 0 Å². The molecule has 1 aliphatic carbocycles. The first-order valence-corrected chi connectivity index (χ1v) is 8.03. The lowest BCUT2D eigenvalue weighted by Gasteiger charge is -2.22. The van der Waals surface area contributed by atoms with Crippen molar-refractivity contribution in [1.29, 1.82) is 0 Å². The van der Waals surface area contributed by atoms with Crippen molar-refractivity contribution in [2.45, 2.75) is 31.3 Å². The van der Waals surface area contributed by atoms with E-state index in [1.807, 2.05) is 17.5 Å². The number of aromatic nitrogens is 2. The maximum absolute atomic E-state index is 12.4. The molecule has 0 aromatic carbocycles. The highest BCUT2D eigenvalue weighted by atomic mass is 32.1. The fourth-order valence-corrected chi connectivity index (χ4v) is 3.52. The molecule has 0 spiro atoms. The fourth-order valence-electron chi connectivity index (χ4n) is 2.80. The van der Waals surface area contributed by atoms with Crippen LogP contribution in [0.4, 0.5) is 0 Å². The lowest BCUT2D eigenvalue weighted by atomic mass is 10.0. The number of nitrogens with one attached hydrogen (secondary N) is 1. The first kappa shape index (κ1) is 14.3. The Morgan fingerprint density at radius 3 is 2.95 bits per heavy atom. The van der Waals surface area contributed by atoms with E-state index in [0.29, 0.717) is 17.8 Å². The lowest BCUT2D eigenvalue weighted by Crippen LogP contribution is -2.40. The predicted octanol–water partition coefficient (Wildman–Crippen LogP) is 2.18. The van der Waals surface area contributed by atoms with E-state index in [2.05, 4.69) is 10.4 Å². The van der Waals surface area contributed by atoms with Crippen LogP contribution in [0.1, 0.15) is 36.0 Å². The van der Waals surface area contributed by atoms with Crippen molar-refractivity contribution in [3.63, 3.8) is 0 Å². The minimum atomic E-state index is -0.735. The molecule has 2 aromatic heterocycles. The number of amides is 1. The second kappa shape index (κ2) is 5.61. The van der Waals surface area contributed by atoms with Crippen molar-refractivity contribution in [2.24, 2.45) is 7.05 Å². The smallest absolute Gasteiger partial charge is 0.255 e. The minimum Gasteiger partial charge on any atom is -0.388 e. The Hall–Kier alpha value is -1.66. The Morgan fingerprint density at radius 2 is 2.29 bits per heavy atom. The minimum absolute atomic E-state index is 0.174. The Balaban J connectivity index is 1.76. The van der Waals surface area contributed by atoms with E-state index in [-0.39, 0.29) is 5.91 Å². The second-order valence-electron chi connectivity index (χ2n) is 5.66. The maximum atomic E-state index is 12.4. The van der Waals surface area contributed by atoms with Crippen molar-refractivity contribution in [3.05, 3.63) is 29.3 Å². The van der Waals surface area contributed by atoms with Gasteiger partial charge in [0.15, 0.2) is 0 Å². The van der Waals surface area contributed by atoms with Gasteiger partial charge in [-0.3, -0.25) is 9.48 Å². The zero-order chi connectivity index (χ0) is 14.9. The molecule has 21 heavy (non-hydrogen) atoms. The molecule has 112 valence electrons. The number of aryl methyl sites for hydroxylation is 1. The summed E-state index contributed by atoms with van der Waals surface area (Å²) in [7, 11) is 1.80. The molecule has 0 unspecified atom stereocenters. The van der Waals surface area contributed by atoms with Crippen molar-refractivity contribution in [2.75, 3.05) is 6.54 Å². The van der Waals surface area contributed by atoms with Crippen LogP contribution in [0.25, 0.3) is 10.6 Å². The van der Waals surface area contributed by atoms with Crippen LogP contribution in [0.5, 0.6) is 0 Å². The molecule has 1 fully saturated rings. The average Bonchev–Trinajstić information content (AvgIpc) is 3.16. The molecule has 0 aliphatic heterocycles. The van der Waals surface area contributed by atoms with Gasteiger partial charge in [-0.05, 0) is 24.3 Å². The monoisotopic (exact) mass is 305 g/mol. The molecular formula is C15H19N3O2S. The number of thiophene rings is 1.